The molecular formula is C17H22N4. The van der Waals surface area contributed by atoms with Crippen LogP contribution in [0.3, 0.4) is 0 Å². The van der Waals surface area contributed by atoms with Gasteiger partial charge in [0.1, 0.15) is 11.6 Å². The van der Waals surface area contributed by atoms with E-state index in [1.54, 1.807) is 0 Å². The van der Waals surface area contributed by atoms with Crippen molar-refractivity contribution in [3.63, 3.8) is 0 Å². The third-order valence-electron chi connectivity index (χ3n) is 3.79. The van der Waals surface area contributed by atoms with E-state index in [-0.39, 0.29) is 0 Å². The fourth-order valence-corrected chi connectivity index (χ4v) is 2.65. The van der Waals surface area contributed by atoms with Crippen molar-refractivity contribution in [3.05, 3.63) is 47.8 Å². The summed E-state index contributed by atoms with van der Waals surface area (Å²) in [5, 5.41) is 6.72. The van der Waals surface area contributed by atoms with E-state index in [4.69, 9.17) is 0 Å². The van der Waals surface area contributed by atoms with Gasteiger partial charge < -0.3 is 10.6 Å². The molecule has 0 saturated heterocycles. The number of hydrogen-bond acceptors (Lipinski definition) is 4. The maximum absolute atomic E-state index is 4.50. The molecule has 4 nitrogen and oxygen atoms in total. The van der Waals surface area contributed by atoms with Crippen LogP contribution in [0.15, 0.2) is 36.7 Å². The van der Waals surface area contributed by atoms with Gasteiger partial charge in [-0.25, -0.2) is 9.97 Å². The molecule has 0 bridgehead atoms. The molecule has 2 aromatic rings. The summed E-state index contributed by atoms with van der Waals surface area (Å²) in [6.45, 7) is 6.30. The van der Waals surface area contributed by atoms with Gasteiger partial charge in [-0.05, 0) is 35.6 Å². The predicted molar refractivity (Wildman–Crippen MR) is 86.7 cm³/mol. The molecule has 4 heteroatoms. The number of nitrogens with one attached hydrogen (secondary N) is 2. The maximum atomic E-state index is 4.50. The molecule has 1 atom stereocenters. The number of fused-ring (bicyclic) bond motifs is 1. The lowest BCUT2D eigenvalue weighted by atomic mass is 9.96. The third-order valence-corrected chi connectivity index (χ3v) is 3.79. The second kappa shape index (κ2) is 6.12. The molecule has 21 heavy (non-hydrogen) atoms. The second-order valence-electron chi connectivity index (χ2n) is 6.05. The zero-order chi connectivity index (χ0) is 14.7. The smallest absolute Gasteiger partial charge is 0.129 e. The highest BCUT2D eigenvalue weighted by atomic mass is 15.0. The number of rotatable bonds is 5. The van der Waals surface area contributed by atoms with Crippen molar-refractivity contribution in [3.8, 4) is 0 Å². The molecule has 1 aliphatic heterocycles. The van der Waals surface area contributed by atoms with Crippen LogP contribution < -0.4 is 10.6 Å². The van der Waals surface area contributed by atoms with E-state index in [9.17, 15) is 0 Å². The van der Waals surface area contributed by atoms with Gasteiger partial charge in [-0.3, -0.25) is 0 Å². The number of anilines is 2. The minimum atomic E-state index is 0.491. The molecule has 0 amide bonds. The Balaban J connectivity index is 1.64. The van der Waals surface area contributed by atoms with Crippen LogP contribution in [0, 0.1) is 5.92 Å². The van der Waals surface area contributed by atoms with Crippen molar-refractivity contribution in [2.45, 2.75) is 26.2 Å². The number of pyridine rings is 2. The minimum absolute atomic E-state index is 0.491. The van der Waals surface area contributed by atoms with Gasteiger partial charge >= 0.3 is 0 Å². The van der Waals surface area contributed by atoms with Gasteiger partial charge in [-0.2, -0.15) is 0 Å². The lowest BCUT2D eigenvalue weighted by molar-refractivity contribution is 0.686. The van der Waals surface area contributed by atoms with Crippen LogP contribution in [-0.2, 0) is 6.42 Å². The van der Waals surface area contributed by atoms with Crippen LogP contribution in [0.25, 0.3) is 0 Å². The normalized spacial score (nSPS) is 16.6. The Kier molecular flexibility index (Phi) is 4.04. The Labute approximate surface area is 126 Å². The third kappa shape index (κ3) is 3.32. The van der Waals surface area contributed by atoms with Crippen LogP contribution in [0.5, 0.6) is 0 Å². The summed E-state index contributed by atoms with van der Waals surface area (Å²) in [4.78, 5) is 8.87. The number of nitrogens with zero attached hydrogens (tertiary/aromatic N) is 2. The van der Waals surface area contributed by atoms with Crippen molar-refractivity contribution >= 4 is 11.6 Å². The quantitative estimate of drug-likeness (QED) is 0.883. The molecule has 2 N–H and O–H groups in total. The highest BCUT2D eigenvalue weighted by molar-refractivity contribution is 5.52. The number of hydrogen-bond donors (Lipinski definition) is 2. The molecule has 0 spiro atoms. The van der Waals surface area contributed by atoms with Crippen LogP contribution in [0.2, 0.25) is 0 Å². The van der Waals surface area contributed by atoms with Crippen molar-refractivity contribution in [1.29, 1.82) is 0 Å². The Morgan fingerprint density at radius 3 is 2.95 bits per heavy atom. The lowest BCUT2D eigenvalue weighted by Crippen LogP contribution is -2.09. The van der Waals surface area contributed by atoms with E-state index in [0.717, 1.165) is 31.1 Å². The van der Waals surface area contributed by atoms with Crippen molar-refractivity contribution < 1.29 is 0 Å². The average Bonchev–Trinajstić information content (AvgIpc) is 2.90. The molecule has 0 radical (unpaired) electrons. The van der Waals surface area contributed by atoms with E-state index >= 15 is 0 Å². The summed E-state index contributed by atoms with van der Waals surface area (Å²) >= 11 is 0. The summed E-state index contributed by atoms with van der Waals surface area (Å²) < 4.78 is 0. The Bertz CT molecular complexity index is 592. The molecule has 0 saturated carbocycles. The summed E-state index contributed by atoms with van der Waals surface area (Å²) in [5.74, 6) is 3.11. The van der Waals surface area contributed by atoms with Gasteiger partial charge in [-0.1, -0.05) is 26.0 Å². The van der Waals surface area contributed by atoms with E-state index in [2.05, 4.69) is 52.6 Å². The Morgan fingerprint density at radius 1 is 1.29 bits per heavy atom. The molecule has 0 aliphatic carbocycles. The van der Waals surface area contributed by atoms with Crippen molar-refractivity contribution in [2.75, 3.05) is 23.7 Å². The molecule has 0 fully saturated rings. The van der Waals surface area contributed by atoms with Gasteiger partial charge in [-0.15, -0.1) is 0 Å². The summed E-state index contributed by atoms with van der Waals surface area (Å²) in [6, 6.07) is 8.42. The summed E-state index contributed by atoms with van der Waals surface area (Å²) in [7, 11) is 0. The van der Waals surface area contributed by atoms with Crippen LogP contribution in [0.4, 0.5) is 11.6 Å². The standard InChI is InChI=1S/C17H22N4/c1-12(2)9-19-16-6-5-13(10-20-16)8-14-11-21-17-15(14)4-3-7-18-17/h3-7,10,12,14H,8-9,11H2,1-2H3,(H,18,21)(H,19,20). The summed E-state index contributed by atoms with van der Waals surface area (Å²) in [5.41, 5.74) is 2.59. The zero-order valence-electron chi connectivity index (χ0n) is 12.6. The molecule has 3 rings (SSSR count). The van der Waals surface area contributed by atoms with Crippen LogP contribution in [-0.4, -0.2) is 23.1 Å². The average molecular weight is 282 g/mol. The molecule has 0 aromatic carbocycles. The number of aromatic nitrogens is 2. The molecule has 110 valence electrons. The van der Waals surface area contributed by atoms with E-state index < -0.39 is 0 Å². The largest absolute Gasteiger partial charge is 0.370 e. The maximum Gasteiger partial charge on any atom is 0.129 e. The second-order valence-corrected chi connectivity index (χ2v) is 6.05. The highest BCUT2D eigenvalue weighted by Crippen LogP contribution is 2.31. The van der Waals surface area contributed by atoms with Crippen LogP contribution >= 0.6 is 0 Å². The first-order chi connectivity index (χ1) is 10.2. The van der Waals surface area contributed by atoms with Gasteiger partial charge in [0, 0.05) is 31.4 Å². The van der Waals surface area contributed by atoms with Crippen molar-refractivity contribution in [1.82, 2.24) is 9.97 Å². The lowest BCUT2D eigenvalue weighted by Gasteiger charge is -2.11. The highest BCUT2D eigenvalue weighted by Gasteiger charge is 2.22. The first-order valence-corrected chi connectivity index (χ1v) is 7.60. The van der Waals surface area contributed by atoms with Gasteiger partial charge in [0.2, 0.25) is 0 Å². The predicted octanol–water partition coefficient (Wildman–Crippen LogP) is 3.30. The first-order valence-electron chi connectivity index (χ1n) is 7.60. The molecule has 1 aliphatic rings. The SMILES string of the molecule is CC(C)CNc1ccc(CC2CNc3ncccc32)cn1. The van der Waals surface area contributed by atoms with Gasteiger partial charge in [0.15, 0.2) is 0 Å². The van der Waals surface area contributed by atoms with Crippen molar-refractivity contribution in [2.24, 2.45) is 5.92 Å². The van der Waals surface area contributed by atoms with Gasteiger partial charge in [0.05, 0.1) is 0 Å². The first kappa shape index (κ1) is 13.9. The Hall–Kier alpha value is -2.10. The van der Waals surface area contributed by atoms with E-state index in [1.807, 2.05) is 18.5 Å². The fourth-order valence-electron chi connectivity index (χ4n) is 2.65. The van der Waals surface area contributed by atoms with E-state index in [1.165, 1.54) is 11.1 Å². The molecule has 3 heterocycles. The monoisotopic (exact) mass is 282 g/mol. The fraction of sp³-hybridized carbons (Fsp3) is 0.412. The topological polar surface area (TPSA) is 49.8 Å². The minimum Gasteiger partial charge on any atom is -0.370 e. The molecular weight excluding hydrogens is 260 g/mol. The summed E-state index contributed by atoms with van der Waals surface area (Å²) in [6.07, 6.45) is 4.82. The zero-order valence-corrected chi connectivity index (χ0v) is 12.6. The molecule has 1 unspecified atom stereocenters. The van der Waals surface area contributed by atoms with Crippen LogP contribution in [0.1, 0.15) is 30.9 Å². The van der Waals surface area contributed by atoms with Gasteiger partial charge in [0.25, 0.3) is 0 Å². The Morgan fingerprint density at radius 2 is 2.19 bits per heavy atom. The molecule has 2 aromatic heterocycles. The van der Waals surface area contributed by atoms with E-state index in [0.29, 0.717) is 11.8 Å².